The van der Waals surface area contributed by atoms with Crippen molar-refractivity contribution in [1.29, 1.82) is 0 Å². The number of para-hydroxylation sites is 1. The van der Waals surface area contributed by atoms with Crippen molar-refractivity contribution < 1.29 is 0 Å². The maximum Gasteiger partial charge on any atom is 0.0524 e. The molecule has 0 aliphatic carbocycles. The van der Waals surface area contributed by atoms with Crippen LogP contribution in [0.25, 0.3) is 0 Å². The van der Waals surface area contributed by atoms with Gasteiger partial charge < -0.3 is 4.31 Å². The zero-order valence-electron chi connectivity index (χ0n) is 8.09. The van der Waals surface area contributed by atoms with Gasteiger partial charge in [0.25, 0.3) is 0 Å². The monoisotopic (exact) mass is 181 g/mol. The van der Waals surface area contributed by atoms with E-state index in [0.717, 1.165) is 0 Å². The van der Waals surface area contributed by atoms with Crippen molar-refractivity contribution in [3.8, 4) is 0 Å². The summed E-state index contributed by atoms with van der Waals surface area (Å²) in [6.45, 7) is 4.30. The van der Waals surface area contributed by atoms with E-state index in [1.807, 2.05) is 0 Å². The van der Waals surface area contributed by atoms with E-state index in [1.165, 1.54) is 16.8 Å². The highest BCUT2D eigenvalue weighted by atomic mass is 32.2. The van der Waals surface area contributed by atoms with E-state index in [9.17, 15) is 0 Å². The molecule has 1 aromatic rings. The molecule has 0 saturated heterocycles. The lowest BCUT2D eigenvalue weighted by molar-refractivity contribution is 1.26. The Morgan fingerprint density at radius 3 is 2.08 bits per heavy atom. The van der Waals surface area contributed by atoms with Crippen molar-refractivity contribution in [2.45, 2.75) is 13.8 Å². The van der Waals surface area contributed by atoms with Gasteiger partial charge in [0, 0.05) is 13.3 Å². The number of rotatable bonds is 2. The molecule has 0 spiro atoms. The maximum absolute atomic E-state index is 2.20. The van der Waals surface area contributed by atoms with Gasteiger partial charge in [-0.2, -0.15) is 0 Å². The maximum atomic E-state index is 2.20. The highest BCUT2D eigenvalue weighted by molar-refractivity contribution is 7.99. The largest absolute Gasteiger partial charge is 0.319 e. The molecular weight excluding hydrogens is 166 g/mol. The zero-order valence-corrected chi connectivity index (χ0v) is 8.90. The fourth-order valence-electron chi connectivity index (χ4n) is 1.39. The van der Waals surface area contributed by atoms with E-state index in [1.54, 1.807) is 11.9 Å². The summed E-state index contributed by atoms with van der Waals surface area (Å²) in [5, 5.41) is 0. The minimum Gasteiger partial charge on any atom is -0.319 e. The highest BCUT2D eigenvalue weighted by Gasteiger charge is 2.05. The Bertz CT molecular complexity index is 250. The molecule has 1 aromatic carbocycles. The summed E-state index contributed by atoms with van der Waals surface area (Å²) in [6, 6.07) is 6.40. The van der Waals surface area contributed by atoms with Gasteiger partial charge in [-0.15, -0.1) is 0 Å². The topological polar surface area (TPSA) is 3.24 Å². The molecule has 0 amide bonds. The standard InChI is InChI=1S/C10H15NS/c1-8-6-5-7-9(2)10(8)11(3)12-4/h5-7H,1-4H3. The van der Waals surface area contributed by atoms with E-state index >= 15 is 0 Å². The van der Waals surface area contributed by atoms with Gasteiger partial charge in [-0.3, -0.25) is 0 Å². The summed E-state index contributed by atoms with van der Waals surface area (Å²) in [5.41, 5.74) is 4.02. The third kappa shape index (κ3) is 1.75. The fourth-order valence-corrected chi connectivity index (χ4v) is 1.86. The number of hydrogen-bond donors (Lipinski definition) is 0. The van der Waals surface area contributed by atoms with Crippen LogP contribution in [-0.2, 0) is 0 Å². The Morgan fingerprint density at radius 2 is 1.67 bits per heavy atom. The molecule has 66 valence electrons. The number of aryl methyl sites for hydroxylation is 2. The molecule has 0 unspecified atom stereocenters. The fraction of sp³-hybridized carbons (Fsp3) is 0.400. The quantitative estimate of drug-likeness (QED) is 0.645. The second kappa shape index (κ2) is 3.85. The number of nitrogens with zero attached hydrogens (tertiary/aromatic N) is 1. The first-order chi connectivity index (χ1) is 5.66. The second-order valence-electron chi connectivity index (χ2n) is 2.92. The molecule has 0 heterocycles. The predicted molar refractivity (Wildman–Crippen MR) is 57.8 cm³/mol. The Labute approximate surface area is 78.9 Å². The first-order valence-electron chi connectivity index (χ1n) is 4.01. The van der Waals surface area contributed by atoms with Crippen molar-refractivity contribution in [3.63, 3.8) is 0 Å². The van der Waals surface area contributed by atoms with Gasteiger partial charge in [0.2, 0.25) is 0 Å². The SMILES string of the molecule is CSN(C)c1c(C)cccc1C. The lowest BCUT2D eigenvalue weighted by atomic mass is 10.1. The van der Waals surface area contributed by atoms with Crippen LogP contribution < -0.4 is 4.31 Å². The summed E-state index contributed by atoms with van der Waals surface area (Å²) < 4.78 is 2.20. The zero-order chi connectivity index (χ0) is 9.14. The lowest BCUT2D eigenvalue weighted by Crippen LogP contribution is -2.08. The van der Waals surface area contributed by atoms with Crippen LogP contribution >= 0.6 is 11.9 Å². The third-order valence-corrected chi connectivity index (χ3v) is 2.76. The summed E-state index contributed by atoms with van der Waals surface area (Å²) in [5.74, 6) is 0. The summed E-state index contributed by atoms with van der Waals surface area (Å²) in [7, 11) is 2.10. The Kier molecular flexibility index (Phi) is 3.04. The van der Waals surface area contributed by atoms with Gasteiger partial charge in [-0.25, -0.2) is 0 Å². The van der Waals surface area contributed by atoms with Crippen molar-refractivity contribution in [1.82, 2.24) is 0 Å². The van der Waals surface area contributed by atoms with Crippen LogP contribution in [0.15, 0.2) is 18.2 Å². The molecule has 0 aromatic heterocycles. The van der Waals surface area contributed by atoms with E-state index < -0.39 is 0 Å². The van der Waals surface area contributed by atoms with E-state index in [2.05, 4.69) is 49.7 Å². The smallest absolute Gasteiger partial charge is 0.0524 e. The van der Waals surface area contributed by atoms with Gasteiger partial charge in [-0.1, -0.05) is 30.1 Å². The summed E-state index contributed by atoms with van der Waals surface area (Å²) in [4.78, 5) is 0. The normalized spacial score (nSPS) is 10.0. The van der Waals surface area contributed by atoms with Crippen LogP contribution in [0.2, 0.25) is 0 Å². The molecular formula is C10H15NS. The van der Waals surface area contributed by atoms with Crippen LogP contribution in [0.4, 0.5) is 5.69 Å². The minimum absolute atomic E-state index is 1.34. The third-order valence-electron chi connectivity index (χ3n) is 2.03. The molecule has 2 heteroatoms. The van der Waals surface area contributed by atoms with Crippen LogP contribution in [0.5, 0.6) is 0 Å². The Morgan fingerprint density at radius 1 is 1.17 bits per heavy atom. The van der Waals surface area contributed by atoms with Gasteiger partial charge in [0.1, 0.15) is 0 Å². The second-order valence-corrected chi connectivity index (χ2v) is 3.83. The van der Waals surface area contributed by atoms with Gasteiger partial charge in [-0.05, 0) is 25.0 Å². The molecule has 12 heavy (non-hydrogen) atoms. The minimum atomic E-state index is 1.34. The molecule has 1 nitrogen and oxygen atoms in total. The van der Waals surface area contributed by atoms with E-state index in [4.69, 9.17) is 0 Å². The van der Waals surface area contributed by atoms with Crippen molar-refractivity contribution >= 4 is 17.6 Å². The van der Waals surface area contributed by atoms with Crippen LogP contribution in [0.1, 0.15) is 11.1 Å². The molecule has 0 atom stereocenters. The summed E-state index contributed by atoms with van der Waals surface area (Å²) >= 11 is 1.74. The first-order valence-corrected chi connectivity index (χ1v) is 5.19. The number of hydrogen-bond acceptors (Lipinski definition) is 2. The van der Waals surface area contributed by atoms with Crippen LogP contribution in [-0.4, -0.2) is 13.3 Å². The van der Waals surface area contributed by atoms with E-state index in [0.29, 0.717) is 0 Å². The molecule has 0 N–H and O–H groups in total. The summed E-state index contributed by atoms with van der Waals surface area (Å²) in [6.07, 6.45) is 2.09. The number of benzene rings is 1. The van der Waals surface area contributed by atoms with Crippen molar-refractivity contribution in [2.24, 2.45) is 0 Å². The van der Waals surface area contributed by atoms with E-state index in [-0.39, 0.29) is 0 Å². The lowest BCUT2D eigenvalue weighted by Gasteiger charge is -2.20. The first kappa shape index (κ1) is 9.46. The highest BCUT2D eigenvalue weighted by Crippen LogP contribution is 2.26. The molecule has 0 aliphatic rings. The number of anilines is 1. The van der Waals surface area contributed by atoms with Gasteiger partial charge in [0.15, 0.2) is 0 Å². The Balaban J connectivity index is 3.12. The van der Waals surface area contributed by atoms with Gasteiger partial charge in [0.05, 0.1) is 5.69 Å². The van der Waals surface area contributed by atoms with Gasteiger partial charge >= 0.3 is 0 Å². The molecule has 1 rings (SSSR count). The van der Waals surface area contributed by atoms with Crippen LogP contribution in [0.3, 0.4) is 0 Å². The Hall–Kier alpha value is -0.630. The van der Waals surface area contributed by atoms with Crippen molar-refractivity contribution in [2.75, 3.05) is 17.6 Å². The van der Waals surface area contributed by atoms with Crippen LogP contribution in [0, 0.1) is 13.8 Å². The molecule has 0 saturated carbocycles. The molecule has 0 aliphatic heterocycles. The molecule has 0 bridgehead atoms. The average Bonchev–Trinajstić information content (AvgIpc) is 2.03. The average molecular weight is 181 g/mol. The molecule has 0 fully saturated rings. The van der Waals surface area contributed by atoms with Crippen molar-refractivity contribution in [3.05, 3.63) is 29.3 Å². The predicted octanol–water partition coefficient (Wildman–Crippen LogP) is 3.02. The molecule has 0 radical (unpaired) electrons.